The lowest BCUT2D eigenvalue weighted by Gasteiger charge is -2.14. The molecule has 3 aromatic rings. The van der Waals surface area contributed by atoms with Crippen molar-refractivity contribution < 1.29 is 13.2 Å². The average Bonchev–Trinajstić information content (AvgIpc) is 3.72. The zero-order valence-corrected chi connectivity index (χ0v) is 19.9. The number of benzene rings is 1. The quantitative estimate of drug-likeness (QED) is 0.522. The van der Waals surface area contributed by atoms with Crippen molar-refractivity contribution >= 4 is 38.7 Å². The highest BCUT2D eigenvalue weighted by atomic mass is 35.5. The molecule has 2 aliphatic rings. The van der Waals surface area contributed by atoms with Crippen molar-refractivity contribution in [2.45, 2.75) is 54.7 Å². The number of thiazole rings is 1. The first-order valence-electron chi connectivity index (χ1n) is 10.4. The third kappa shape index (κ3) is 4.38. The summed E-state index contributed by atoms with van der Waals surface area (Å²) in [7, 11) is -3.49. The second kappa shape index (κ2) is 8.20. The van der Waals surface area contributed by atoms with E-state index in [0.29, 0.717) is 34.5 Å². The van der Waals surface area contributed by atoms with E-state index in [4.69, 9.17) is 16.9 Å². The monoisotopic (exact) mass is 502 g/mol. The molecule has 0 bridgehead atoms. The summed E-state index contributed by atoms with van der Waals surface area (Å²) in [6.07, 6.45) is 4.73. The van der Waals surface area contributed by atoms with Crippen LogP contribution in [0.1, 0.15) is 71.5 Å². The molecule has 12 heteroatoms. The molecule has 1 amide bonds. The average molecular weight is 503 g/mol. The molecule has 1 atom stereocenters. The second-order valence-electron chi connectivity index (χ2n) is 8.25. The van der Waals surface area contributed by atoms with Gasteiger partial charge in [-0.15, -0.1) is 5.10 Å². The van der Waals surface area contributed by atoms with Gasteiger partial charge in [0.1, 0.15) is 10.9 Å². The number of nitriles is 1. The van der Waals surface area contributed by atoms with E-state index in [1.54, 1.807) is 11.6 Å². The molecule has 0 aliphatic heterocycles. The van der Waals surface area contributed by atoms with Gasteiger partial charge in [-0.3, -0.25) is 4.79 Å². The largest absolute Gasteiger partial charge is 0.342 e. The lowest BCUT2D eigenvalue weighted by molar-refractivity contribution is 0.0937. The maximum absolute atomic E-state index is 13.0. The predicted molar refractivity (Wildman–Crippen MR) is 121 cm³/mol. The summed E-state index contributed by atoms with van der Waals surface area (Å²) in [6.45, 7) is 1.76. The summed E-state index contributed by atoms with van der Waals surface area (Å²) in [5.41, 5.74) is 0.156. The Kier molecular flexibility index (Phi) is 5.47. The van der Waals surface area contributed by atoms with E-state index in [2.05, 4.69) is 26.5 Å². The van der Waals surface area contributed by atoms with Crippen molar-refractivity contribution in [3.05, 3.63) is 51.5 Å². The molecule has 1 aromatic carbocycles. The third-order valence-corrected chi connectivity index (χ3v) is 8.87. The van der Waals surface area contributed by atoms with Gasteiger partial charge in [0, 0.05) is 16.5 Å². The summed E-state index contributed by atoms with van der Waals surface area (Å²) >= 11 is 7.33. The number of nitrogens with one attached hydrogen (secondary N) is 1. The molecule has 5 rings (SSSR count). The molecular formula is C21H19ClN6O3S2. The fraction of sp³-hybridized carbons (Fsp3) is 0.381. The van der Waals surface area contributed by atoms with Crippen molar-refractivity contribution in [1.82, 2.24) is 25.1 Å². The lowest BCUT2D eigenvalue weighted by Crippen LogP contribution is -2.29. The van der Waals surface area contributed by atoms with E-state index in [0.717, 1.165) is 12.8 Å². The van der Waals surface area contributed by atoms with Crippen LogP contribution in [0.5, 0.6) is 0 Å². The van der Waals surface area contributed by atoms with Gasteiger partial charge in [0.2, 0.25) is 5.13 Å². The number of halogens is 1. The number of hydrogen-bond donors (Lipinski definition) is 1. The van der Waals surface area contributed by atoms with Gasteiger partial charge in [-0.1, -0.05) is 22.9 Å². The van der Waals surface area contributed by atoms with Gasteiger partial charge in [0.15, 0.2) is 21.5 Å². The smallest absolute Gasteiger partial charge is 0.251 e. The molecule has 2 fully saturated rings. The molecule has 2 heterocycles. The Hall–Kier alpha value is -2.81. The molecule has 2 saturated carbocycles. The SMILES string of the molecule is C[C@H](NC(=O)c1cc(Cl)cc(S(=O)(=O)C2CC2)c1)c1nc(C2CC2)nn1-c1ncc(C#N)s1. The van der Waals surface area contributed by atoms with Crippen LogP contribution in [-0.4, -0.2) is 39.3 Å². The van der Waals surface area contributed by atoms with E-state index < -0.39 is 27.0 Å². The summed E-state index contributed by atoms with van der Waals surface area (Å²) < 4.78 is 26.8. The topological polar surface area (TPSA) is 131 Å². The van der Waals surface area contributed by atoms with Crippen molar-refractivity contribution in [1.29, 1.82) is 5.26 Å². The van der Waals surface area contributed by atoms with Crippen LogP contribution < -0.4 is 5.32 Å². The Morgan fingerprint density at radius 1 is 1.30 bits per heavy atom. The van der Waals surface area contributed by atoms with Crippen LogP contribution in [0.2, 0.25) is 5.02 Å². The Morgan fingerprint density at radius 3 is 2.70 bits per heavy atom. The number of carbonyl (C=O) groups excluding carboxylic acids is 1. The summed E-state index contributed by atoms with van der Waals surface area (Å²) in [6, 6.07) is 5.68. The molecule has 0 saturated heterocycles. The Morgan fingerprint density at radius 2 is 2.06 bits per heavy atom. The van der Waals surface area contributed by atoms with Gasteiger partial charge in [-0.05, 0) is 50.8 Å². The van der Waals surface area contributed by atoms with Gasteiger partial charge in [-0.25, -0.2) is 18.4 Å². The number of nitrogens with zero attached hydrogens (tertiary/aromatic N) is 5. The standard InChI is InChI=1S/C21H19ClN6O3S2/c1-11(19-26-18(12-2-3-12)27-28(19)21-24-10-15(9-23)32-21)25-20(29)13-6-14(22)8-17(7-13)33(30,31)16-4-5-16/h6-8,10-12,16H,2-5H2,1H3,(H,25,29)/t11-/m0/s1. The molecular weight excluding hydrogens is 484 g/mol. The van der Waals surface area contributed by atoms with Crippen molar-refractivity contribution in [3.8, 4) is 11.2 Å². The first kappa shape index (κ1) is 22.0. The van der Waals surface area contributed by atoms with Crippen molar-refractivity contribution in [2.75, 3.05) is 0 Å². The van der Waals surface area contributed by atoms with E-state index in [-0.39, 0.29) is 21.4 Å². The highest BCUT2D eigenvalue weighted by Crippen LogP contribution is 2.39. The molecule has 0 radical (unpaired) electrons. The Labute approximate surface area is 199 Å². The number of hydrogen-bond acceptors (Lipinski definition) is 8. The molecule has 1 N–H and O–H groups in total. The number of sulfone groups is 1. The number of carbonyl (C=O) groups is 1. The number of rotatable bonds is 7. The van der Waals surface area contributed by atoms with Gasteiger partial charge in [-0.2, -0.15) is 9.94 Å². The van der Waals surface area contributed by atoms with Crippen LogP contribution in [-0.2, 0) is 9.84 Å². The van der Waals surface area contributed by atoms with Gasteiger partial charge in [0.25, 0.3) is 5.91 Å². The van der Waals surface area contributed by atoms with Crippen LogP contribution in [0.4, 0.5) is 0 Å². The summed E-state index contributed by atoms with van der Waals surface area (Å²) in [5, 5.41) is 16.8. The summed E-state index contributed by atoms with van der Waals surface area (Å²) in [4.78, 5) is 22.4. The molecule has 2 aliphatic carbocycles. The van der Waals surface area contributed by atoms with Gasteiger partial charge < -0.3 is 5.32 Å². The molecule has 0 spiro atoms. The normalized spacial score (nSPS) is 16.9. The number of aromatic nitrogens is 4. The number of amides is 1. The van der Waals surface area contributed by atoms with E-state index in [1.165, 1.54) is 35.7 Å². The van der Waals surface area contributed by atoms with E-state index >= 15 is 0 Å². The fourth-order valence-electron chi connectivity index (χ4n) is 3.46. The lowest BCUT2D eigenvalue weighted by atomic mass is 10.2. The maximum Gasteiger partial charge on any atom is 0.251 e. The van der Waals surface area contributed by atoms with Gasteiger partial charge >= 0.3 is 0 Å². The minimum absolute atomic E-state index is 0.0568. The fourth-order valence-corrected chi connectivity index (χ4v) is 6.16. The second-order valence-corrected chi connectivity index (χ2v) is 11.9. The first-order chi connectivity index (χ1) is 15.8. The van der Waals surface area contributed by atoms with Crippen molar-refractivity contribution in [2.24, 2.45) is 0 Å². The zero-order valence-electron chi connectivity index (χ0n) is 17.5. The van der Waals surface area contributed by atoms with Crippen LogP contribution >= 0.6 is 22.9 Å². The zero-order chi connectivity index (χ0) is 23.3. The maximum atomic E-state index is 13.0. The van der Waals surface area contributed by atoms with Crippen LogP contribution in [0.15, 0.2) is 29.3 Å². The summed E-state index contributed by atoms with van der Waals surface area (Å²) in [5.74, 6) is 0.973. The minimum atomic E-state index is -3.49. The Bertz CT molecular complexity index is 1400. The van der Waals surface area contributed by atoms with Gasteiger partial charge in [0.05, 0.1) is 22.4 Å². The van der Waals surface area contributed by atoms with E-state index in [9.17, 15) is 13.2 Å². The molecule has 2 aromatic heterocycles. The molecule has 9 nitrogen and oxygen atoms in total. The molecule has 33 heavy (non-hydrogen) atoms. The third-order valence-electron chi connectivity index (χ3n) is 5.54. The van der Waals surface area contributed by atoms with E-state index in [1.807, 2.05) is 0 Å². The van der Waals surface area contributed by atoms with Crippen LogP contribution in [0.25, 0.3) is 5.13 Å². The predicted octanol–water partition coefficient (Wildman–Crippen LogP) is 3.55. The van der Waals surface area contributed by atoms with Crippen LogP contribution in [0, 0.1) is 11.3 Å². The van der Waals surface area contributed by atoms with Crippen LogP contribution in [0.3, 0.4) is 0 Å². The Balaban J connectivity index is 1.43. The molecule has 170 valence electrons. The van der Waals surface area contributed by atoms with Crippen molar-refractivity contribution in [3.63, 3.8) is 0 Å². The highest BCUT2D eigenvalue weighted by molar-refractivity contribution is 7.92. The highest BCUT2D eigenvalue weighted by Gasteiger charge is 2.37. The minimum Gasteiger partial charge on any atom is -0.342 e. The first-order valence-corrected chi connectivity index (χ1v) is 13.2. The molecule has 0 unspecified atom stereocenters.